The molecule has 0 unspecified atom stereocenters. The van der Waals surface area contributed by atoms with E-state index in [1.165, 1.54) is 18.6 Å². The van der Waals surface area contributed by atoms with Crippen molar-refractivity contribution in [2.45, 2.75) is 116 Å². The van der Waals surface area contributed by atoms with Gasteiger partial charge in [0.05, 0.1) is 5.41 Å². The lowest BCUT2D eigenvalue weighted by Gasteiger charge is -2.48. The number of benzene rings is 1. The minimum Gasteiger partial charge on any atom is -0.351 e. The van der Waals surface area contributed by atoms with Gasteiger partial charge in [-0.3, -0.25) is 9.59 Å². The smallest absolute Gasteiger partial charge is 0.318 e. The van der Waals surface area contributed by atoms with Gasteiger partial charge in [-0.25, -0.2) is 9.18 Å². The van der Waals surface area contributed by atoms with Crippen molar-refractivity contribution < 1.29 is 18.8 Å². The third-order valence-corrected chi connectivity index (χ3v) is 9.25. The van der Waals surface area contributed by atoms with Gasteiger partial charge < -0.3 is 25.8 Å². The first kappa shape index (κ1) is 32.2. The number of piperazine rings is 1. The molecule has 9 heteroatoms. The van der Waals surface area contributed by atoms with Gasteiger partial charge in [-0.2, -0.15) is 0 Å². The van der Waals surface area contributed by atoms with Gasteiger partial charge in [-0.1, -0.05) is 31.4 Å². The van der Waals surface area contributed by atoms with Crippen LogP contribution in [0, 0.1) is 17.2 Å². The van der Waals surface area contributed by atoms with Crippen LogP contribution in [-0.4, -0.2) is 77.0 Å². The van der Waals surface area contributed by atoms with E-state index in [2.05, 4.69) is 29.8 Å². The lowest BCUT2D eigenvalue weighted by molar-refractivity contribution is -0.147. The highest BCUT2D eigenvalue weighted by Crippen LogP contribution is 2.46. The molecule has 1 aliphatic carbocycles. The minimum absolute atomic E-state index is 0.112. The normalized spacial score (nSPS) is 23.6. The molecule has 0 spiro atoms. The zero-order chi connectivity index (χ0) is 30.7. The van der Waals surface area contributed by atoms with Crippen LogP contribution in [0.3, 0.4) is 0 Å². The Morgan fingerprint density at radius 3 is 2.21 bits per heavy atom. The number of urea groups is 1. The largest absolute Gasteiger partial charge is 0.351 e. The van der Waals surface area contributed by atoms with Crippen LogP contribution in [0.2, 0.25) is 0 Å². The predicted molar refractivity (Wildman–Crippen MR) is 163 cm³/mol. The number of hydrogen-bond donors (Lipinski definition) is 3. The predicted octanol–water partition coefficient (Wildman–Crippen LogP) is 4.62. The summed E-state index contributed by atoms with van der Waals surface area (Å²) in [5, 5.41) is 9.81. The summed E-state index contributed by atoms with van der Waals surface area (Å²) >= 11 is 0. The van der Waals surface area contributed by atoms with Crippen molar-refractivity contribution >= 4 is 17.8 Å². The van der Waals surface area contributed by atoms with E-state index in [1.54, 1.807) is 17.0 Å². The molecule has 2 aliphatic heterocycles. The first-order valence-electron chi connectivity index (χ1n) is 15.9. The van der Waals surface area contributed by atoms with E-state index in [1.807, 2.05) is 32.6 Å². The lowest BCUT2D eigenvalue weighted by atomic mass is 9.63. The van der Waals surface area contributed by atoms with Crippen LogP contribution in [0.1, 0.15) is 92.1 Å². The van der Waals surface area contributed by atoms with Gasteiger partial charge in [0.15, 0.2) is 0 Å². The van der Waals surface area contributed by atoms with E-state index < -0.39 is 11.5 Å². The van der Waals surface area contributed by atoms with Crippen molar-refractivity contribution in [1.29, 1.82) is 0 Å². The molecular formula is C33H52FN5O3. The van der Waals surface area contributed by atoms with Crippen molar-refractivity contribution in [2.24, 2.45) is 11.3 Å². The molecule has 2 atom stereocenters. The monoisotopic (exact) mass is 585 g/mol. The summed E-state index contributed by atoms with van der Waals surface area (Å²) in [6.45, 7) is 14.2. The van der Waals surface area contributed by atoms with Gasteiger partial charge in [0.2, 0.25) is 11.8 Å². The molecule has 3 fully saturated rings. The molecule has 234 valence electrons. The third-order valence-electron chi connectivity index (χ3n) is 9.25. The fourth-order valence-electron chi connectivity index (χ4n) is 7.37. The SMILES string of the molecule is C[C@H]1CN(C(=O)N[C@H](Cc2ccc(F)cc2)C(=O)N2CCC(C(=O)NC(C)(C)C)(C3CCCCC3)CC2)CC(C)(C)N1. The second-order valence-corrected chi connectivity index (χ2v) is 14.7. The van der Waals surface area contributed by atoms with Crippen molar-refractivity contribution in [3.8, 4) is 0 Å². The highest BCUT2D eigenvalue weighted by Gasteiger charge is 2.49. The third kappa shape index (κ3) is 8.03. The summed E-state index contributed by atoms with van der Waals surface area (Å²) in [7, 11) is 0. The molecule has 4 amide bonds. The van der Waals surface area contributed by atoms with Crippen molar-refractivity contribution in [1.82, 2.24) is 25.8 Å². The van der Waals surface area contributed by atoms with Crippen molar-refractivity contribution in [3.05, 3.63) is 35.6 Å². The standard InChI is InChI=1S/C33H52FN5O3/c1-23-21-39(22-32(5,6)36-23)30(42)35-27(20-24-12-14-26(34)15-13-24)28(40)38-18-16-33(17-19-38,25-10-8-7-9-11-25)29(41)37-31(2,3)4/h12-15,23,25,27,36H,7-11,16-22H2,1-6H3,(H,35,42)(H,37,41)/t23-,27+/m0/s1. The second-order valence-electron chi connectivity index (χ2n) is 14.7. The van der Waals surface area contributed by atoms with Gasteiger partial charge >= 0.3 is 6.03 Å². The Balaban J connectivity index is 1.51. The maximum absolute atomic E-state index is 14.1. The lowest BCUT2D eigenvalue weighted by Crippen LogP contribution is -2.65. The van der Waals surface area contributed by atoms with E-state index in [0.717, 1.165) is 31.2 Å². The molecule has 2 saturated heterocycles. The molecule has 0 aromatic heterocycles. The Bertz CT molecular complexity index is 1100. The van der Waals surface area contributed by atoms with E-state index >= 15 is 0 Å². The molecule has 42 heavy (non-hydrogen) atoms. The molecule has 1 aromatic rings. The minimum atomic E-state index is -0.790. The van der Waals surface area contributed by atoms with E-state index in [0.29, 0.717) is 44.9 Å². The Kier molecular flexibility index (Phi) is 9.90. The Hall–Kier alpha value is -2.68. The van der Waals surface area contributed by atoms with E-state index in [4.69, 9.17) is 0 Å². The second kappa shape index (κ2) is 12.9. The summed E-state index contributed by atoms with van der Waals surface area (Å²) in [6, 6.07) is 5.16. The number of nitrogens with one attached hydrogen (secondary N) is 3. The van der Waals surface area contributed by atoms with Crippen LogP contribution in [0.15, 0.2) is 24.3 Å². The highest BCUT2D eigenvalue weighted by molar-refractivity contribution is 5.88. The van der Waals surface area contributed by atoms with E-state index in [-0.39, 0.29) is 47.2 Å². The maximum atomic E-state index is 14.1. The van der Waals surface area contributed by atoms with Crippen LogP contribution >= 0.6 is 0 Å². The Labute approximate surface area is 251 Å². The molecule has 3 aliphatic rings. The molecular weight excluding hydrogens is 533 g/mol. The topological polar surface area (TPSA) is 93.8 Å². The Morgan fingerprint density at radius 1 is 1.02 bits per heavy atom. The van der Waals surface area contributed by atoms with Gasteiger partial charge in [-0.15, -0.1) is 0 Å². The maximum Gasteiger partial charge on any atom is 0.318 e. The van der Waals surface area contributed by atoms with Crippen LogP contribution < -0.4 is 16.0 Å². The molecule has 8 nitrogen and oxygen atoms in total. The summed E-state index contributed by atoms with van der Waals surface area (Å²) in [5.41, 5.74) is -0.272. The fraction of sp³-hybridized carbons (Fsp3) is 0.727. The van der Waals surface area contributed by atoms with Gasteiger partial charge in [0.25, 0.3) is 0 Å². The first-order chi connectivity index (χ1) is 19.7. The number of hydrogen-bond acceptors (Lipinski definition) is 4. The number of amides is 4. The zero-order valence-corrected chi connectivity index (χ0v) is 26.5. The molecule has 0 radical (unpaired) electrons. The number of halogens is 1. The molecule has 2 heterocycles. The first-order valence-corrected chi connectivity index (χ1v) is 15.9. The fourth-order valence-corrected chi connectivity index (χ4v) is 7.37. The highest BCUT2D eigenvalue weighted by atomic mass is 19.1. The quantitative estimate of drug-likeness (QED) is 0.454. The van der Waals surface area contributed by atoms with Gasteiger partial charge in [0, 0.05) is 49.7 Å². The summed E-state index contributed by atoms with van der Waals surface area (Å²) < 4.78 is 13.6. The zero-order valence-electron chi connectivity index (χ0n) is 26.5. The van der Waals surface area contributed by atoms with Gasteiger partial charge in [-0.05, 0) is 90.8 Å². The number of piperidine rings is 1. The van der Waals surface area contributed by atoms with Crippen molar-refractivity contribution in [3.63, 3.8) is 0 Å². The summed E-state index contributed by atoms with van der Waals surface area (Å²) in [4.78, 5) is 45.0. The average Bonchev–Trinajstić information content (AvgIpc) is 2.92. The number of nitrogens with zero attached hydrogens (tertiary/aromatic N) is 2. The van der Waals surface area contributed by atoms with Gasteiger partial charge in [0.1, 0.15) is 11.9 Å². The molecule has 1 aromatic carbocycles. The summed E-state index contributed by atoms with van der Waals surface area (Å²) in [6.07, 6.45) is 7.10. The van der Waals surface area contributed by atoms with Crippen LogP contribution in [0.25, 0.3) is 0 Å². The summed E-state index contributed by atoms with van der Waals surface area (Å²) in [5.74, 6) is -0.0610. The molecule has 0 bridgehead atoms. The van der Waals surface area contributed by atoms with Crippen molar-refractivity contribution in [2.75, 3.05) is 26.2 Å². The number of carbonyl (C=O) groups excluding carboxylic acids is 3. The van der Waals surface area contributed by atoms with E-state index in [9.17, 15) is 18.8 Å². The number of rotatable bonds is 6. The number of carbonyl (C=O) groups is 3. The Morgan fingerprint density at radius 2 is 1.64 bits per heavy atom. The number of likely N-dealkylation sites (tertiary alicyclic amines) is 1. The average molecular weight is 586 g/mol. The molecule has 3 N–H and O–H groups in total. The molecule has 4 rings (SSSR count). The van der Waals surface area contributed by atoms with Crippen LogP contribution in [0.4, 0.5) is 9.18 Å². The van der Waals surface area contributed by atoms with Crippen LogP contribution in [0.5, 0.6) is 0 Å². The molecule has 1 saturated carbocycles. The van der Waals surface area contributed by atoms with Crippen LogP contribution in [-0.2, 0) is 16.0 Å².